The second-order valence-electron chi connectivity index (χ2n) is 3.18. The average molecular weight is 309 g/mol. The third-order valence-electron chi connectivity index (χ3n) is 1.97. The van der Waals surface area contributed by atoms with E-state index in [2.05, 4.69) is 10.5 Å². The van der Waals surface area contributed by atoms with Crippen LogP contribution < -0.4 is 5.48 Å². The van der Waals surface area contributed by atoms with Crippen LogP contribution in [0.4, 0.5) is 5.69 Å². The van der Waals surface area contributed by atoms with E-state index in [1.54, 1.807) is 19.1 Å². The first kappa shape index (κ1) is 15.4. The summed E-state index contributed by atoms with van der Waals surface area (Å²) in [6.45, 7) is 4.19. The minimum Gasteiger partial charge on any atom is -0.276 e. The van der Waals surface area contributed by atoms with Gasteiger partial charge in [-0.2, -0.15) is 0 Å². The molecule has 0 saturated carbocycles. The summed E-state index contributed by atoms with van der Waals surface area (Å²) in [5.41, 5.74) is 3.10. The van der Waals surface area contributed by atoms with Gasteiger partial charge in [0.05, 0.1) is 38.0 Å². The molecule has 7 heteroatoms. The monoisotopic (exact) mass is 308 g/mol. The zero-order chi connectivity index (χ0) is 13.5. The summed E-state index contributed by atoms with van der Waals surface area (Å²) in [6.07, 6.45) is 1.39. The summed E-state index contributed by atoms with van der Waals surface area (Å²) in [5.74, 6) is 0.466. The molecule has 1 aromatic rings. The first-order valence-corrected chi connectivity index (χ1v) is 7.44. The van der Waals surface area contributed by atoms with Crippen molar-refractivity contribution in [2.45, 2.75) is 18.7 Å². The van der Waals surface area contributed by atoms with Crippen LogP contribution >= 0.6 is 23.2 Å². The predicted octanol–water partition coefficient (Wildman–Crippen LogP) is 3.32. The second-order valence-corrected chi connectivity index (χ2v) is 5.67. The molecule has 0 bridgehead atoms. The molecular weight excluding hydrogens is 295 g/mol. The van der Waals surface area contributed by atoms with Gasteiger partial charge in [-0.25, -0.2) is 4.99 Å². The minimum atomic E-state index is -1.19. The van der Waals surface area contributed by atoms with Crippen molar-refractivity contribution in [2.75, 3.05) is 12.4 Å². The van der Waals surface area contributed by atoms with Crippen LogP contribution in [0.5, 0.6) is 0 Å². The van der Waals surface area contributed by atoms with Crippen molar-refractivity contribution in [3.8, 4) is 0 Å². The van der Waals surface area contributed by atoms with Crippen molar-refractivity contribution in [3.05, 3.63) is 22.2 Å². The van der Waals surface area contributed by atoms with Crippen LogP contribution in [0, 0.1) is 0 Å². The lowest BCUT2D eigenvalue weighted by molar-refractivity contribution is 0.100. The molecule has 1 rings (SSSR count). The van der Waals surface area contributed by atoms with Crippen molar-refractivity contribution in [2.24, 2.45) is 4.99 Å². The Morgan fingerprint density at radius 2 is 2.00 bits per heavy atom. The molecule has 0 aliphatic carbocycles. The van der Waals surface area contributed by atoms with Crippen LogP contribution in [0.3, 0.4) is 0 Å². The summed E-state index contributed by atoms with van der Waals surface area (Å²) in [5, 5.41) is 0.706. The largest absolute Gasteiger partial charge is 0.276 e. The minimum absolute atomic E-state index is 0.353. The summed E-state index contributed by atoms with van der Waals surface area (Å²) in [4.78, 5) is 9.40. The fourth-order valence-corrected chi connectivity index (χ4v) is 3.04. The molecule has 18 heavy (non-hydrogen) atoms. The maximum Gasteiger partial charge on any atom is 0.113 e. The molecule has 100 valence electrons. The molecule has 0 radical (unpaired) electrons. The van der Waals surface area contributed by atoms with E-state index in [0.29, 0.717) is 33.0 Å². The highest BCUT2D eigenvalue weighted by Gasteiger charge is 2.13. The smallest absolute Gasteiger partial charge is 0.113 e. The lowest BCUT2D eigenvalue weighted by Gasteiger charge is -2.06. The average Bonchev–Trinajstić information content (AvgIpc) is 2.33. The number of aliphatic imine (C=N–C) groups is 1. The summed E-state index contributed by atoms with van der Waals surface area (Å²) in [6, 6.07) is 3.22. The van der Waals surface area contributed by atoms with Crippen molar-refractivity contribution in [1.29, 1.82) is 0 Å². The summed E-state index contributed by atoms with van der Waals surface area (Å²) in [7, 11) is -1.19. The Labute approximate surface area is 119 Å². The molecule has 1 unspecified atom stereocenters. The Bertz CT molecular complexity index is 443. The topological polar surface area (TPSA) is 50.7 Å². The van der Waals surface area contributed by atoms with Crippen LogP contribution in [0.2, 0.25) is 10.0 Å². The fraction of sp³-hybridized carbons (Fsp3) is 0.364. The molecule has 0 spiro atoms. The molecule has 1 atom stereocenters. The number of hydrogen-bond acceptors (Lipinski definition) is 3. The van der Waals surface area contributed by atoms with Crippen molar-refractivity contribution < 1.29 is 9.05 Å². The molecule has 0 amide bonds. The quantitative estimate of drug-likeness (QED) is 0.379. The molecule has 1 aromatic carbocycles. The number of hydroxylamine groups is 1. The van der Waals surface area contributed by atoms with E-state index in [0.717, 1.165) is 0 Å². The lowest BCUT2D eigenvalue weighted by Crippen LogP contribution is -2.10. The summed E-state index contributed by atoms with van der Waals surface area (Å²) >= 11 is 12.1. The Morgan fingerprint density at radius 1 is 1.39 bits per heavy atom. The molecule has 4 nitrogen and oxygen atoms in total. The second kappa shape index (κ2) is 7.74. The Hall–Kier alpha value is -0.620. The van der Waals surface area contributed by atoms with Gasteiger partial charge in [0, 0.05) is 5.75 Å². The van der Waals surface area contributed by atoms with Gasteiger partial charge in [-0.15, -0.1) is 0 Å². The summed E-state index contributed by atoms with van der Waals surface area (Å²) < 4.78 is 11.7. The van der Waals surface area contributed by atoms with Gasteiger partial charge in [0.15, 0.2) is 0 Å². The van der Waals surface area contributed by atoms with Gasteiger partial charge in [-0.1, -0.05) is 30.1 Å². The van der Waals surface area contributed by atoms with Gasteiger partial charge in [0.2, 0.25) is 0 Å². The number of benzene rings is 1. The molecule has 1 N–H and O–H groups in total. The lowest BCUT2D eigenvalue weighted by atomic mass is 10.3. The Kier molecular flexibility index (Phi) is 6.63. The SMILES string of the molecule is CCONC=Nc1cc(Cl)c(S(=O)CC)c(Cl)c1. The van der Waals surface area contributed by atoms with Gasteiger partial charge in [-0.3, -0.25) is 14.5 Å². The Morgan fingerprint density at radius 3 is 2.50 bits per heavy atom. The maximum absolute atomic E-state index is 11.7. The van der Waals surface area contributed by atoms with E-state index < -0.39 is 10.8 Å². The molecule has 0 saturated heterocycles. The third kappa shape index (κ3) is 4.24. The van der Waals surface area contributed by atoms with Crippen LogP contribution in [0.1, 0.15) is 13.8 Å². The van der Waals surface area contributed by atoms with E-state index in [1.165, 1.54) is 6.34 Å². The first-order chi connectivity index (χ1) is 8.60. The predicted molar refractivity (Wildman–Crippen MR) is 76.3 cm³/mol. The van der Waals surface area contributed by atoms with E-state index in [4.69, 9.17) is 28.0 Å². The van der Waals surface area contributed by atoms with Crippen LogP contribution in [-0.2, 0) is 15.6 Å². The zero-order valence-electron chi connectivity index (χ0n) is 10.1. The van der Waals surface area contributed by atoms with Crippen LogP contribution in [0.15, 0.2) is 22.0 Å². The normalized spacial score (nSPS) is 12.9. The van der Waals surface area contributed by atoms with Gasteiger partial charge < -0.3 is 0 Å². The van der Waals surface area contributed by atoms with E-state index >= 15 is 0 Å². The Balaban J connectivity index is 2.92. The van der Waals surface area contributed by atoms with Gasteiger partial charge in [-0.05, 0) is 19.1 Å². The van der Waals surface area contributed by atoms with Gasteiger partial charge >= 0.3 is 0 Å². The van der Waals surface area contributed by atoms with Crippen molar-refractivity contribution in [1.82, 2.24) is 5.48 Å². The highest BCUT2D eigenvalue weighted by atomic mass is 35.5. The number of halogens is 2. The molecule has 0 aliphatic heterocycles. The fourth-order valence-electron chi connectivity index (χ4n) is 1.20. The number of nitrogens with one attached hydrogen (secondary N) is 1. The first-order valence-electron chi connectivity index (χ1n) is 5.37. The van der Waals surface area contributed by atoms with Gasteiger partial charge in [0.25, 0.3) is 0 Å². The number of nitrogens with zero attached hydrogens (tertiary/aromatic N) is 1. The molecular formula is C11H14Cl2N2O2S. The molecule has 0 heterocycles. The highest BCUT2D eigenvalue weighted by Crippen LogP contribution is 2.32. The van der Waals surface area contributed by atoms with Crippen LogP contribution in [0.25, 0.3) is 0 Å². The zero-order valence-corrected chi connectivity index (χ0v) is 12.4. The number of rotatable bonds is 6. The molecule has 0 fully saturated rings. The van der Waals surface area contributed by atoms with E-state index in [9.17, 15) is 4.21 Å². The molecule has 0 aliphatic rings. The molecule has 0 aromatic heterocycles. The van der Waals surface area contributed by atoms with Crippen LogP contribution in [-0.4, -0.2) is 22.9 Å². The van der Waals surface area contributed by atoms with Crippen molar-refractivity contribution >= 4 is 46.0 Å². The van der Waals surface area contributed by atoms with Crippen molar-refractivity contribution in [3.63, 3.8) is 0 Å². The van der Waals surface area contributed by atoms with E-state index in [-0.39, 0.29) is 0 Å². The highest BCUT2D eigenvalue weighted by molar-refractivity contribution is 7.85. The van der Waals surface area contributed by atoms with Gasteiger partial charge in [0.1, 0.15) is 6.34 Å². The van der Waals surface area contributed by atoms with E-state index in [1.807, 2.05) is 6.92 Å². The standard InChI is InChI=1S/C11H14Cl2N2O2S/c1-3-17-15-7-14-8-5-9(12)11(10(13)6-8)18(16)4-2/h5-7H,3-4H2,1-2H3,(H,14,15). The number of hydrogen-bond donors (Lipinski definition) is 1. The third-order valence-corrected chi connectivity index (χ3v) is 4.21. The maximum atomic E-state index is 11.7.